The Balaban J connectivity index is 1.24. The van der Waals surface area contributed by atoms with Crippen molar-refractivity contribution in [3.05, 3.63) is 59.2 Å². The third-order valence-electron chi connectivity index (χ3n) is 7.97. The van der Waals surface area contributed by atoms with Crippen LogP contribution in [0.2, 0.25) is 5.02 Å². The van der Waals surface area contributed by atoms with Crippen LogP contribution in [0.15, 0.2) is 48.7 Å². The molecule has 13 heteroatoms. The van der Waals surface area contributed by atoms with Gasteiger partial charge in [-0.3, -0.25) is 9.69 Å². The zero-order valence-electron chi connectivity index (χ0n) is 24.7. The molecule has 0 radical (unpaired) electrons. The van der Waals surface area contributed by atoms with E-state index in [4.69, 9.17) is 16.3 Å². The Kier molecular flexibility index (Phi) is 9.58. The number of nitrogens with one attached hydrogen (secondary N) is 2. The number of piperidine rings is 1. The van der Waals surface area contributed by atoms with E-state index >= 15 is 0 Å². The minimum absolute atomic E-state index is 0.108. The average molecular weight is 628 g/mol. The molecule has 2 fully saturated rings. The van der Waals surface area contributed by atoms with Crippen LogP contribution in [0.5, 0.6) is 5.75 Å². The van der Waals surface area contributed by atoms with E-state index in [-0.39, 0.29) is 11.7 Å². The molecule has 2 aromatic carbocycles. The molecule has 0 saturated carbocycles. The van der Waals surface area contributed by atoms with Gasteiger partial charge in [-0.2, -0.15) is 4.98 Å². The lowest BCUT2D eigenvalue weighted by molar-refractivity contribution is -0.130. The van der Waals surface area contributed by atoms with Gasteiger partial charge >= 0.3 is 0 Å². The minimum atomic E-state index is -3.23. The summed E-state index contributed by atoms with van der Waals surface area (Å²) in [5, 5.41) is 6.68. The molecule has 0 atom stereocenters. The maximum Gasteiger partial charge on any atom is 0.229 e. The van der Waals surface area contributed by atoms with E-state index < -0.39 is 9.84 Å². The molecule has 3 heterocycles. The summed E-state index contributed by atoms with van der Waals surface area (Å²) in [6.45, 7) is 7.05. The van der Waals surface area contributed by atoms with Gasteiger partial charge in [0.2, 0.25) is 11.9 Å². The highest BCUT2D eigenvalue weighted by Crippen LogP contribution is 2.34. The summed E-state index contributed by atoms with van der Waals surface area (Å²) >= 11 is 6.40. The molecule has 0 bridgehead atoms. The highest BCUT2D eigenvalue weighted by atomic mass is 35.5. The molecule has 2 N–H and O–H groups in total. The van der Waals surface area contributed by atoms with Crippen LogP contribution in [-0.2, 0) is 20.4 Å². The highest BCUT2D eigenvalue weighted by Gasteiger charge is 2.28. The Labute approximate surface area is 258 Å². The summed E-state index contributed by atoms with van der Waals surface area (Å²) in [4.78, 5) is 27.4. The van der Waals surface area contributed by atoms with Crippen LogP contribution in [-0.4, -0.2) is 92.8 Å². The lowest BCUT2D eigenvalue weighted by Crippen LogP contribution is -2.54. The number of piperazine rings is 1. The van der Waals surface area contributed by atoms with E-state index in [9.17, 15) is 13.2 Å². The summed E-state index contributed by atoms with van der Waals surface area (Å²) in [5.41, 5.74) is 3.01. The van der Waals surface area contributed by atoms with E-state index in [0.717, 1.165) is 57.8 Å². The van der Waals surface area contributed by atoms with Crippen molar-refractivity contribution in [1.29, 1.82) is 0 Å². The number of carbonyl (C=O) groups excluding carboxylic acids is 1. The molecule has 43 heavy (non-hydrogen) atoms. The number of rotatable bonds is 9. The molecule has 0 unspecified atom stereocenters. The summed E-state index contributed by atoms with van der Waals surface area (Å²) in [7, 11) is -1.60. The van der Waals surface area contributed by atoms with Gasteiger partial charge in [-0.25, -0.2) is 13.4 Å². The topological polar surface area (TPSA) is 120 Å². The first-order chi connectivity index (χ1) is 20.6. The predicted molar refractivity (Wildman–Crippen MR) is 171 cm³/mol. The van der Waals surface area contributed by atoms with Crippen LogP contribution in [0.3, 0.4) is 0 Å². The molecule has 5 rings (SSSR count). The van der Waals surface area contributed by atoms with Crippen molar-refractivity contribution in [3.8, 4) is 5.75 Å². The van der Waals surface area contributed by atoms with Gasteiger partial charge in [-0.05, 0) is 36.6 Å². The highest BCUT2D eigenvalue weighted by molar-refractivity contribution is 7.89. The van der Waals surface area contributed by atoms with Crippen LogP contribution in [0, 0.1) is 0 Å². The van der Waals surface area contributed by atoms with Crippen LogP contribution >= 0.6 is 11.6 Å². The third-order valence-corrected chi connectivity index (χ3v) is 9.08. The van der Waals surface area contributed by atoms with E-state index in [1.807, 2.05) is 23.1 Å². The number of hydrogen-bond donors (Lipinski definition) is 2. The number of methoxy groups -OCH3 is 1. The van der Waals surface area contributed by atoms with Crippen molar-refractivity contribution in [2.45, 2.75) is 31.6 Å². The standard InChI is InChI=1S/C30H38ClN7O4S/c1-21(39)36-14-16-38(17-15-36)23-10-12-37(13-11-23)24-8-9-27(28(18-24)42-2)34-30-32-19-25(31)29(35-30)33-26-7-5-4-6-22(26)20-43(3,40)41/h4-9,18-19,23H,10-17,20H2,1-3H3,(H2,32,33,34,35). The van der Waals surface area contributed by atoms with E-state index in [1.54, 1.807) is 32.2 Å². The number of carbonyl (C=O) groups is 1. The average Bonchev–Trinajstić information content (AvgIpc) is 2.99. The second-order valence-electron chi connectivity index (χ2n) is 11.0. The number of ether oxygens (including phenoxy) is 1. The Bertz CT molecular complexity index is 1560. The normalized spacial score (nSPS) is 16.7. The van der Waals surface area contributed by atoms with E-state index in [2.05, 4.69) is 36.5 Å². The van der Waals surface area contributed by atoms with Gasteiger partial charge in [0.25, 0.3) is 0 Å². The molecule has 11 nitrogen and oxygen atoms in total. The lowest BCUT2D eigenvalue weighted by Gasteiger charge is -2.43. The number of halogens is 1. The molecule has 0 aliphatic carbocycles. The Hall–Kier alpha value is -3.61. The van der Waals surface area contributed by atoms with Crippen LogP contribution in [0.4, 0.5) is 28.8 Å². The summed E-state index contributed by atoms with van der Waals surface area (Å²) in [6.07, 6.45) is 4.84. The molecule has 2 saturated heterocycles. The predicted octanol–water partition coefficient (Wildman–Crippen LogP) is 4.30. The van der Waals surface area contributed by atoms with Gasteiger partial charge < -0.3 is 25.2 Å². The van der Waals surface area contributed by atoms with Crippen LogP contribution in [0.25, 0.3) is 0 Å². The van der Waals surface area contributed by atoms with Crippen LogP contribution < -0.4 is 20.3 Å². The molecule has 1 aromatic heterocycles. The zero-order chi connectivity index (χ0) is 30.6. The summed E-state index contributed by atoms with van der Waals surface area (Å²) in [5.74, 6) is 1.37. The fourth-order valence-corrected chi connectivity index (χ4v) is 6.64. The van der Waals surface area contributed by atoms with Crippen molar-refractivity contribution in [1.82, 2.24) is 19.8 Å². The second kappa shape index (κ2) is 13.4. The first kappa shape index (κ1) is 30.8. The number of anilines is 5. The maximum absolute atomic E-state index is 11.9. The number of aromatic nitrogens is 2. The molecule has 2 aliphatic rings. The van der Waals surface area contributed by atoms with Crippen molar-refractivity contribution in [3.63, 3.8) is 0 Å². The third kappa shape index (κ3) is 7.87. The number of sulfone groups is 1. The van der Waals surface area contributed by atoms with Crippen molar-refractivity contribution >= 4 is 56.2 Å². The van der Waals surface area contributed by atoms with Gasteiger partial charge in [0.15, 0.2) is 15.7 Å². The molecule has 230 valence electrons. The lowest BCUT2D eigenvalue weighted by atomic mass is 10.0. The summed E-state index contributed by atoms with van der Waals surface area (Å²) < 4.78 is 29.5. The number of benzene rings is 2. The Morgan fingerprint density at radius 3 is 2.42 bits per heavy atom. The van der Waals surface area contributed by atoms with E-state index in [0.29, 0.717) is 45.5 Å². The molecular formula is C30H38ClN7O4S. The quantitative estimate of drug-likeness (QED) is 0.355. The monoisotopic (exact) mass is 627 g/mol. The fourth-order valence-electron chi connectivity index (χ4n) is 5.68. The Morgan fingerprint density at radius 1 is 1.02 bits per heavy atom. The van der Waals surface area contributed by atoms with E-state index in [1.165, 1.54) is 12.5 Å². The van der Waals surface area contributed by atoms with Gasteiger partial charge in [0, 0.05) is 75.9 Å². The number of nitrogens with zero attached hydrogens (tertiary/aromatic N) is 5. The van der Waals surface area contributed by atoms with Gasteiger partial charge in [-0.15, -0.1) is 0 Å². The molecule has 3 aromatic rings. The molecule has 1 amide bonds. The van der Waals surface area contributed by atoms with Crippen molar-refractivity contribution in [2.75, 3.05) is 68.2 Å². The van der Waals surface area contributed by atoms with Crippen LogP contribution in [0.1, 0.15) is 25.3 Å². The zero-order valence-corrected chi connectivity index (χ0v) is 26.3. The smallest absolute Gasteiger partial charge is 0.229 e. The van der Waals surface area contributed by atoms with Gasteiger partial charge in [0.1, 0.15) is 10.8 Å². The largest absolute Gasteiger partial charge is 0.494 e. The van der Waals surface area contributed by atoms with Crippen molar-refractivity contribution in [2.24, 2.45) is 0 Å². The van der Waals surface area contributed by atoms with Gasteiger partial charge in [0.05, 0.1) is 24.7 Å². The molecule has 0 spiro atoms. The molecule has 2 aliphatic heterocycles. The fraction of sp³-hybridized carbons (Fsp3) is 0.433. The number of amides is 1. The first-order valence-electron chi connectivity index (χ1n) is 14.3. The van der Waals surface area contributed by atoms with Gasteiger partial charge in [-0.1, -0.05) is 29.8 Å². The number of para-hydroxylation sites is 1. The minimum Gasteiger partial charge on any atom is -0.494 e. The number of hydrogen-bond acceptors (Lipinski definition) is 10. The second-order valence-corrected chi connectivity index (χ2v) is 13.6. The summed E-state index contributed by atoms with van der Waals surface area (Å²) in [6, 6.07) is 13.7. The maximum atomic E-state index is 11.9. The van der Waals surface area contributed by atoms with Crippen molar-refractivity contribution < 1.29 is 17.9 Å². The molecular weight excluding hydrogens is 590 g/mol. The Morgan fingerprint density at radius 2 is 1.74 bits per heavy atom. The first-order valence-corrected chi connectivity index (χ1v) is 16.8. The SMILES string of the molecule is COc1cc(N2CCC(N3CCN(C(C)=O)CC3)CC2)ccc1Nc1ncc(Cl)c(Nc2ccccc2CS(C)(=O)=O)n1.